The van der Waals surface area contributed by atoms with Crippen molar-refractivity contribution in [1.29, 1.82) is 5.26 Å². The molecule has 4 nitrogen and oxygen atoms in total. The van der Waals surface area contributed by atoms with Crippen LogP contribution in [0, 0.1) is 17.1 Å². The van der Waals surface area contributed by atoms with E-state index in [9.17, 15) is 4.39 Å². The van der Waals surface area contributed by atoms with E-state index >= 15 is 0 Å². The van der Waals surface area contributed by atoms with Gasteiger partial charge in [-0.2, -0.15) is 5.26 Å². The first-order chi connectivity index (χ1) is 7.79. The Morgan fingerprint density at radius 3 is 3.06 bits per heavy atom. The third kappa shape index (κ3) is 2.17. The third-order valence-electron chi connectivity index (χ3n) is 2.10. The molecule has 80 valence electrons. The number of anilines is 1. The predicted molar refractivity (Wildman–Crippen MR) is 57.0 cm³/mol. The summed E-state index contributed by atoms with van der Waals surface area (Å²) in [5.74, 6) is 0.341. The number of aromatic amines is 1. The Morgan fingerprint density at radius 2 is 2.38 bits per heavy atom. The Balaban J connectivity index is 2.13. The zero-order chi connectivity index (χ0) is 11.4. The highest BCUT2D eigenvalue weighted by atomic mass is 19.1. The molecule has 16 heavy (non-hydrogen) atoms. The number of H-pyrrole nitrogens is 1. The Bertz CT molecular complexity index is 513. The smallest absolute Gasteiger partial charge is 0.125 e. The van der Waals surface area contributed by atoms with Gasteiger partial charge in [-0.05, 0) is 18.2 Å². The lowest BCUT2D eigenvalue weighted by molar-refractivity contribution is 0.627. The number of aromatic nitrogens is 2. The molecule has 0 spiro atoms. The van der Waals surface area contributed by atoms with Gasteiger partial charge in [0.15, 0.2) is 0 Å². The van der Waals surface area contributed by atoms with Gasteiger partial charge in [0, 0.05) is 12.4 Å². The number of halogens is 1. The molecule has 0 aliphatic rings. The minimum Gasteiger partial charge on any atom is -0.377 e. The summed E-state index contributed by atoms with van der Waals surface area (Å²) in [5, 5.41) is 11.8. The maximum absolute atomic E-state index is 12.9. The van der Waals surface area contributed by atoms with Crippen LogP contribution >= 0.6 is 0 Å². The van der Waals surface area contributed by atoms with Crippen LogP contribution in [0.4, 0.5) is 10.1 Å². The number of hydrogen-bond donors (Lipinski definition) is 2. The molecule has 2 aromatic rings. The average molecular weight is 216 g/mol. The van der Waals surface area contributed by atoms with Crippen molar-refractivity contribution in [2.45, 2.75) is 6.54 Å². The van der Waals surface area contributed by atoms with E-state index in [2.05, 4.69) is 15.3 Å². The molecule has 1 heterocycles. The van der Waals surface area contributed by atoms with E-state index in [0.29, 0.717) is 12.2 Å². The maximum Gasteiger partial charge on any atom is 0.125 e. The molecule has 0 amide bonds. The molecule has 0 bridgehead atoms. The first-order valence-corrected chi connectivity index (χ1v) is 4.71. The van der Waals surface area contributed by atoms with E-state index in [0.717, 1.165) is 5.82 Å². The molecule has 1 aromatic carbocycles. The predicted octanol–water partition coefficient (Wildman–Crippen LogP) is 2.03. The van der Waals surface area contributed by atoms with E-state index in [1.165, 1.54) is 18.2 Å². The fourth-order valence-corrected chi connectivity index (χ4v) is 1.34. The van der Waals surface area contributed by atoms with E-state index < -0.39 is 5.82 Å². The van der Waals surface area contributed by atoms with Crippen LogP contribution in [0.5, 0.6) is 0 Å². The summed E-state index contributed by atoms with van der Waals surface area (Å²) in [6.07, 6.45) is 3.36. The molecule has 5 heteroatoms. The number of nitrogens with zero attached hydrogens (tertiary/aromatic N) is 2. The van der Waals surface area contributed by atoms with Crippen LogP contribution < -0.4 is 5.32 Å². The third-order valence-corrected chi connectivity index (χ3v) is 2.10. The number of nitriles is 1. The van der Waals surface area contributed by atoms with Crippen LogP contribution in [0.25, 0.3) is 0 Å². The maximum atomic E-state index is 12.9. The van der Waals surface area contributed by atoms with Crippen LogP contribution in [-0.2, 0) is 6.54 Å². The van der Waals surface area contributed by atoms with Gasteiger partial charge in [-0.15, -0.1) is 0 Å². The van der Waals surface area contributed by atoms with Gasteiger partial charge in [-0.1, -0.05) is 0 Å². The number of benzene rings is 1. The van der Waals surface area contributed by atoms with Crippen LogP contribution in [-0.4, -0.2) is 9.97 Å². The van der Waals surface area contributed by atoms with Crippen molar-refractivity contribution in [2.24, 2.45) is 0 Å². The number of rotatable bonds is 3. The Labute approximate surface area is 91.8 Å². The first kappa shape index (κ1) is 10.2. The van der Waals surface area contributed by atoms with Gasteiger partial charge in [0.05, 0.1) is 17.8 Å². The SMILES string of the molecule is N#Cc1cc(F)ccc1NCc1ncc[nH]1. The summed E-state index contributed by atoms with van der Waals surface area (Å²) in [6.45, 7) is 0.466. The molecule has 2 rings (SSSR count). The van der Waals surface area contributed by atoms with Crippen molar-refractivity contribution in [3.63, 3.8) is 0 Å². The molecular formula is C11H9FN4. The highest BCUT2D eigenvalue weighted by molar-refractivity contribution is 5.57. The fourth-order valence-electron chi connectivity index (χ4n) is 1.34. The quantitative estimate of drug-likeness (QED) is 0.825. The van der Waals surface area contributed by atoms with Gasteiger partial charge >= 0.3 is 0 Å². The molecule has 0 saturated carbocycles. The van der Waals surface area contributed by atoms with E-state index in [4.69, 9.17) is 5.26 Å². The number of hydrogen-bond acceptors (Lipinski definition) is 3. The summed E-state index contributed by atoms with van der Waals surface area (Å²) in [6, 6.07) is 5.98. The van der Waals surface area contributed by atoms with Gasteiger partial charge < -0.3 is 10.3 Å². The number of imidazole rings is 1. The summed E-state index contributed by atoms with van der Waals surface area (Å²) in [4.78, 5) is 6.95. The summed E-state index contributed by atoms with van der Waals surface area (Å²) >= 11 is 0. The molecule has 0 radical (unpaired) electrons. The van der Waals surface area contributed by atoms with Crippen molar-refractivity contribution >= 4 is 5.69 Å². The van der Waals surface area contributed by atoms with Crippen molar-refractivity contribution in [1.82, 2.24) is 9.97 Å². The van der Waals surface area contributed by atoms with Crippen LogP contribution in [0.3, 0.4) is 0 Å². The van der Waals surface area contributed by atoms with E-state index in [-0.39, 0.29) is 5.56 Å². The van der Waals surface area contributed by atoms with Gasteiger partial charge in [0.25, 0.3) is 0 Å². The lowest BCUT2D eigenvalue weighted by Crippen LogP contribution is -2.03. The molecule has 0 aliphatic carbocycles. The van der Waals surface area contributed by atoms with Crippen LogP contribution in [0.15, 0.2) is 30.6 Å². The fraction of sp³-hybridized carbons (Fsp3) is 0.0909. The van der Waals surface area contributed by atoms with Gasteiger partial charge in [0.1, 0.15) is 17.7 Å². The Hall–Kier alpha value is -2.35. The normalized spacial score (nSPS) is 9.75. The molecule has 0 aliphatic heterocycles. The zero-order valence-corrected chi connectivity index (χ0v) is 8.37. The molecule has 0 fully saturated rings. The highest BCUT2D eigenvalue weighted by Gasteiger charge is 2.03. The minimum atomic E-state index is -0.417. The zero-order valence-electron chi connectivity index (χ0n) is 8.37. The topological polar surface area (TPSA) is 64.5 Å². The molecule has 1 aromatic heterocycles. The average Bonchev–Trinajstić information content (AvgIpc) is 2.80. The van der Waals surface area contributed by atoms with Gasteiger partial charge in [0.2, 0.25) is 0 Å². The largest absolute Gasteiger partial charge is 0.377 e. The van der Waals surface area contributed by atoms with Crippen molar-refractivity contribution < 1.29 is 4.39 Å². The molecule has 0 saturated heterocycles. The standard InChI is InChI=1S/C11H9FN4/c12-9-1-2-10(8(5-9)6-13)16-7-11-14-3-4-15-11/h1-5,16H,7H2,(H,14,15). The second-order valence-corrected chi connectivity index (χ2v) is 3.19. The highest BCUT2D eigenvalue weighted by Crippen LogP contribution is 2.16. The Kier molecular flexibility index (Phi) is 2.83. The second kappa shape index (κ2) is 4.45. The second-order valence-electron chi connectivity index (χ2n) is 3.19. The molecule has 0 atom stereocenters. The number of nitrogens with one attached hydrogen (secondary N) is 2. The Morgan fingerprint density at radius 1 is 1.50 bits per heavy atom. The monoisotopic (exact) mass is 216 g/mol. The van der Waals surface area contributed by atoms with Crippen molar-refractivity contribution in [2.75, 3.05) is 5.32 Å². The van der Waals surface area contributed by atoms with Crippen LogP contribution in [0.2, 0.25) is 0 Å². The minimum absolute atomic E-state index is 0.284. The first-order valence-electron chi connectivity index (χ1n) is 4.71. The summed E-state index contributed by atoms with van der Waals surface area (Å²) < 4.78 is 12.9. The summed E-state index contributed by atoms with van der Waals surface area (Å²) in [5.41, 5.74) is 0.881. The van der Waals surface area contributed by atoms with Gasteiger partial charge in [-0.3, -0.25) is 0 Å². The van der Waals surface area contributed by atoms with Crippen molar-refractivity contribution in [3.05, 3.63) is 47.8 Å². The summed E-state index contributed by atoms with van der Waals surface area (Å²) in [7, 11) is 0. The van der Waals surface area contributed by atoms with E-state index in [1.54, 1.807) is 12.4 Å². The molecular weight excluding hydrogens is 207 g/mol. The van der Waals surface area contributed by atoms with Crippen LogP contribution in [0.1, 0.15) is 11.4 Å². The van der Waals surface area contributed by atoms with Gasteiger partial charge in [-0.25, -0.2) is 9.37 Å². The molecule has 2 N–H and O–H groups in total. The lowest BCUT2D eigenvalue weighted by Gasteiger charge is -2.06. The molecule has 0 unspecified atom stereocenters. The van der Waals surface area contributed by atoms with Crippen molar-refractivity contribution in [3.8, 4) is 6.07 Å². The van der Waals surface area contributed by atoms with E-state index in [1.807, 2.05) is 6.07 Å². The lowest BCUT2D eigenvalue weighted by atomic mass is 10.2.